The van der Waals surface area contributed by atoms with Crippen LogP contribution in [-0.4, -0.2) is 20.7 Å². The van der Waals surface area contributed by atoms with Crippen molar-refractivity contribution >= 4 is 39.1 Å². The second-order valence-electron chi connectivity index (χ2n) is 7.86. The Morgan fingerprint density at radius 3 is 2.50 bits per heavy atom. The third-order valence-corrected chi connectivity index (χ3v) is 5.79. The van der Waals surface area contributed by atoms with Crippen molar-refractivity contribution in [2.75, 3.05) is 5.32 Å². The number of halogens is 2. The number of benzene rings is 3. The average Bonchev–Trinajstić information content (AvgIpc) is 3.21. The molecule has 1 amide bonds. The summed E-state index contributed by atoms with van der Waals surface area (Å²) in [6, 6.07) is 21.0. The molecule has 0 aliphatic rings. The molecular formula is C25H22BrClN4O. The lowest BCUT2D eigenvalue weighted by Crippen LogP contribution is -2.16. The number of nitrogens with one attached hydrogen (secondary N) is 1. The first-order chi connectivity index (χ1) is 15.3. The summed E-state index contributed by atoms with van der Waals surface area (Å²) in [5.74, 6) is 0.535. The van der Waals surface area contributed by atoms with Gasteiger partial charge < -0.3 is 5.32 Å². The molecule has 4 rings (SSSR count). The first-order valence-corrected chi connectivity index (χ1v) is 11.4. The van der Waals surface area contributed by atoms with E-state index in [0.717, 1.165) is 32.5 Å². The molecule has 7 heteroatoms. The zero-order valence-electron chi connectivity index (χ0n) is 17.9. The third-order valence-electron chi connectivity index (χ3n) is 5.04. The Labute approximate surface area is 200 Å². The molecule has 1 N–H and O–H groups in total. The largest absolute Gasteiger partial charge is 0.319 e. The number of hydrogen-bond donors (Lipinski definition) is 1. The van der Waals surface area contributed by atoms with Gasteiger partial charge in [0.05, 0.1) is 5.69 Å². The topological polar surface area (TPSA) is 59.8 Å². The molecule has 1 aromatic heterocycles. The van der Waals surface area contributed by atoms with Crippen molar-refractivity contribution in [1.82, 2.24) is 14.8 Å². The van der Waals surface area contributed by atoms with Crippen molar-refractivity contribution in [3.63, 3.8) is 0 Å². The lowest BCUT2D eigenvalue weighted by atomic mass is 10.0. The Bertz CT molecular complexity index is 1280. The fraction of sp³-hybridized carbons (Fsp3) is 0.160. The summed E-state index contributed by atoms with van der Waals surface area (Å²) in [6.45, 7) is 6.18. The van der Waals surface area contributed by atoms with E-state index < -0.39 is 0 Å². The van der Waals surface area contributed by atoms with Gasteiger partial charge in [0.2, 0.25) is 5.82 Å². The lowest BCUT2D eigenvalue weighted by molar-refractivity contribution is 0.101. The number of rotatable bonds is 5. The van der Waals surface area contributed by atoms with E-state index in [0.29, 0.717) is 10.8 Å². The van der Waals surface area contributed by atoms with Crippen LogP contribution in [0.5, 0.6) is 0 Å². The van der Waals surface area contributed by atoms with E-state index in [1.165, 1.54) is 0 Å². The Kier molecular flexibility index (Phi) is 6.44. The molecule has 0 spiro atoms. The highest BCUT2D eigenvalue weighted by Gasteiger charge is 2.20. The predicted molar refractivity (Wildman–Crippen MR) is 133 cm³/mol. The Morgan fingerprint density at radius 2 is 1.81 bits per heavy atom. The van der Waals surface area contributed by atoms with Crippen LogP contribution in [0.1, 0.15) is 41.5 Å². The number of carbonyl (C=O) groups is 1. The van der Waals surface area contributed by atoms with Gasteiger partial charge in [-0.15, -0.1) is 5.10 Å². The van der Waals surface area contributed by atoms with Gasteiger partial charge in [0.25, 0.3) is 5.91 Å². The van der Waals surface area contributed by atoms with Gasteiger partial charge in [0, 0.05) is 20.7 Å². The fourth-order valence-corrected chi connectivity index (χ4v) is 3.94. The highest BCUT2D eigenvalue weighted by Crippen LogP contribution is 2.29. The molecule has 0 unspecified atom stereocenters. The van der Waals surface area contributed by atoms with Crippen molar-refractivity contribution < 1.29 is 4.79 Å². The van der Waals surface area contributed by atoms with E-state index in [1.807, 2.05) is 61.5 Å². The van der Waals surface area contributed by atoms with E-state index >= 15 is 0 Å². The Morgan fingerprint density at radius 1 is 1.06 bits per heavy atom. The highest BCUT2D eigenvalue weighted by atomic mass is 79.9. The van der Waals surface area contributed by atoms with Gasteiger partial charge in [-0.2, -0.15) is 0 Å². The molecular weight excluding hydrogens is 488 g/mol. The standard InChI is InChI=1S/C25H22BrClN4O/c1-15(2)21-14-18(26)9-12-22(21)28-25(32)23-29-24(17-7-10-19(27)11-8-17)31(30-23)20-6-4-5-16(3)13-20/h4-15H,1-3H3,(H,28,32). The van der Waals surface area contributed by atoms with Crippen molar-refractivity contribution in [3.8, 4) is 17.1 Å². The van der Waals surface area contributed by atoms with E-state index in [9.17, 15) is 4.79 Å². The monoisotopic (exact) mass is 508 g/mol. The molecule has 0 bridgehead atoms. The first kappa shape index (κ1) is 22.2. The molecule has 1 heterocycles. The number of amides is 1. The maximum Gasteiger partial charge on any atom is 0.295 e. The molecule has 0 fully saturated rings. The molecule has 3 aromatic carbocycles. The summed E-state index contributed by atoms with van der Waals surface area (Å²) in [7, 11) is 0. The lowest BCUT2D eigenvalue weighted by Gasteiger charge is -2.13. The van der Waals surface area contributed by atoms with E-state index in [1.54, 1.807) is 16.8 Å². The second-order valence-corrected chi connectivity index (χ2v) is 9.21. The van der Waals surface area contributed by atoms with Crippen molar-refractivity contribution in [3.05, 3.63) is 93.2 Å². The van der Waals surface area contributed by atoms with Gasteiger partial charge in [-0.3, -0.25) is 4.79 Å². The summed E-state index contributed by atoms with van der Waals surface area (Å²) in [5, 5.41) is 8.17. The Balaban J connectivity index is 1.76. The molecule has 0 atom stereocenters. The molecule has 4 aromatic rings. The molecule has 162 valence electrons. The smallest absolute Gasteiger partial charge is 0.295 e. The molecule has 0 saturated heterocycles. The number of aromatic nitrogens is 3. The molecule has 0 radical (unpaired) electrons. The van der Waals surface area contributed by atoms with Gasteiger partial charge in [0.1, 0.15) is 0 Å². The van der Waals surface area contributed by atoms with Crippen LogP contribution in [0.15, 0.2) is 71.2 Å². The number of hydrogen-bond acceptors (Lipinski definition) is 3. The minimum atomic E-state index is -0.365. The van der Waals surface area contributed by atoms with E-state index in [-0.39, 0.29) is 17.6 Å². The van der Waals surface area contributed by atoms with Gasteiger partial charge in [-0.25, -0.2) is 9.67 Å². The molecule has 0 saturated carbocycles. The van der Waals surface area contributed by atoms with E-state index in [4.69, 9.17) is 11.6 Å². The van der Waals surface area contributed by atoms with Crippen molar-refractivity contribution in [2.24, 2.45) is 0 Å². The Hall–Kier alpha value is -2.96. The first-order valence-electron chi connectivity index (χ1n) is 10.2. The van der Waals surface area contributed by atoms with Crippen LogP contribution in [0.4, 0.5) is 5.69 Å². The molecule has 0 aliphatic carbocycles. The zero-order chi connectivity index (χ0) is 22.8. The SMILES string of the molecule is Cc1cccc(-n2nc(C(=O)Nc3ccc(Br)cc3C(C)C)nc2-c2ccc(Cl)cc2)c1. The zero-order valence-corrected chi connectivity index (χ0v) is 20.3. The average molecular weight is 510 g/mol. The van der Waals surface area contributed by atoms with Crippen LogP contribution in [-0.2, 0) is 0 Å². The van der Waals surface area contributed by atoms with Gasteiger partial charge in [0.15, 0.2) is 5.82 Å². The highest BCUT2D eigenvalue weighted by molar-refractivity contribution is 9.10. The fourth-order valence-electron chi connectivity index (χ4n) is 3.44. The summed E-state index contributed by atoms with van der Waals surface area (Å²) in [6.07, 6.45) is 0. The molecule has 32 heavy (non-hydrogen) atoms. The van der Waals surface area contributed by atoms with Crippen LogP contribution in [0.25, 0.3) is 17.1 Å². The number of carbonyl (C=O) groups excluding carboxylic acids is 1. The van der Waals surface area contributed by atoms with Crippen molar-refractivity contribution in [2.45, 2.75) is 26.7 Å². The van der Waals surface area contributed by atoms with Crippen LogP contribution in [0.2, 0.25) is 5.02 Å². The summed E-state index contributed by atoms with van der Waals surface area (Å²) in [5.41, 5.74) is 4.50. The van der Waals surface area contributed by atoms with Crippen LogP contribution >= 0.6 is 27.5 Å². The van der Waals surface area contributed by atoms with Gasteiger partial charge in [-0.1, -0.05) is 53.5 Å². The van der Waals surface area contributed by atoms with Gasteiger partial charge in [-0.05, 0) is 78.6 Å². The summed E-state index contributed by atoms with van der Waals surface area (Å²) in [4.78, 5) is 17.7. The molecule has 5 nitrogen and oxygen atoms in total. The van der Waals surface area contributed by atoms with Crippen LogP contribution in [0, 0.1) is 6.92 Å². The summed E-state index contributed by atoms with van der Waals surface area (Å²) < 4.78 is 2.65. The van der Waals surface area contributed by atoms with Crippen molar-refractivity contribution in [1.29, 1.82) is 0 Å². The second kappa shape index (κ2) is 9.27. The number of aryl methyl sites for hydroxylation is 1. The maximum atomic E-state index is 13.1. The quantitative estimate of drug-likeness (QED) is 0.314. The van der Waals surface area contributed by atoms with Crippen LogP contribution in [0.3, 0.4) is 0 Å². The van der Waals surface area contributed by atoms with E-state index in [2.05, 4.69) is 45.2 Å². The summed E-state index contributed by atoms with van der Waals surface area (Å²) >= 11 is 9.56. The normalized spacial score (nSPS) is 11.1. The molecule has 0 aliphatic heterocycles. The third kappa shape index (κ3) is 4.76. The minimum Gasteiger partial charge on any atom is -0.319 e. The van der Waals surface area contributed by atoms with Crippen LogP contribution < -0.4 is 5.32 Å². The minimum absolute atomic E-state index is 0.0917. The van der Waals surface area contributed by atoms with Gasteiger partial charge >= 0.3 is 0 Å². The number of nitrogens with zero attached hydrogens (tertiary/aromatic N) is 3. The predicted octanol–water partition coefficient (Wildman–Crippen LogP) is 7.03. The maximum absolute atomic E-state index is 13.1. The number of anilines is 1.